The Morgan fingerprint density at radius 3 is 1.75 bits per heavy atom. The molecule has 0 fully saturated rings. The Balaban J connectivity index is 1.27. The number of nitrogens with one attached hydrogen (secondary N) is 2. The summed E-state index contributed by atoms with van der Waals surface area (Å²) in [6, 6.07) is 72.7. The molecule has 5 heteroatoms. The molecule has 0 radical (unpaired) electrons. The standard InChI is InChI=1S/C54H43N5/c1-36(37-20-6-3-7-21-37)56-53(57-52(55-2)38-22-8-4-9-23-38)59-48-32-18-14-28-42(48)43-34-51-47(35-50(43)59)54(44-29-15-12-26-40(44)41-27-13-16-30-45(41)54)46-31-17-19-33-49(46)58(51)39-24-10-5-11-25-39/h3-36,52,55H,1-2H3,(H,56,57). The number of fused-ring (bicyclic) bond motifs is 12. The van der Waals surface area contributed by atoms with Gasteiger partial charge in [-0.2, -0.15) is 0 Å². The smallest absolute Gasteiger partial charge is 0.205 e. The zero-order valence-corrected chi connectivity index (χ0v) is 33.0. The van der Waals surface area contributed by atoms with Gasteiger partial charge in [0.25, 0.3) is 0 Å². The van der Waals surface area contributed by atoms with Crippen molar-refractivity contribution in [1.29, 1.82) is 0 Å². The predicted molar refractivity (Wildman–Crippen MR) is 244 cm³/mol. The van der Waals surface area contributed by atoms with Crippen LogP contribution in [0.2, 0.25) is 0 Å². The third-order valence-corrected chi connectivity index (χ3v) is 12.4. The summed E-state index contributed by atoms with van der Waals surface area (Å²) >= 11 is 0. The van der Waals surface area contributed by atoms with Gasteiger partial charge in [-0.05, 0) is 94.9 Å². The minimum Gasteiger partial charge on any atom is -0.349 e. The number of aromatic nitrogens is 1. The molecule has 0 amide bonds. The lowest BCUT2D eigenvalue weighted by molar-refractivity contribution is 0.607. The fraction of sp³-hybridized carbons (Fsp3) is 0.0926. The van der Waals surface area contributed by atoms with E-state index in [4.69, 9.17) is 4.99 Å². The molecular formula is C54H43N5. The molecule has 8 aromatic carbocycles. The third kappa shape index (κ3) is 5.32. The first kappa shape index (κ1) is 35.0. The van der Waals surface area contributed by atoms with E-state index in [1.165, 1.54) is 55.7 Å². The molecule has 5 nitrogen and oxygen atoms in total. The Morgan fingerprint density at radius 2 is 1.07 bits per heavy atom. The molecule has 1 aliphatic carbocycles. The first-order chi connectivity index (χ1) is 29.2. The largest absolute Gasteiger partial charge is 0.349 e. The summed E-state index contributed by atoms with van der Waals surface area (Å²) in [4.78, 5) is 8.07. The molecule has 284 valence electrons. The molecule has 2 heterocycles. The second-order valence-electron chi connectivity index (χ2n) is 15.6. The van der Waals surface area contributed by atoms with Gasteiger partial charge in [0.15, 0.2) is 0 Å². The second kappa shape index (κ2) is 14.0. The fourth-order valence-electron chi connectivity index (χ4n) is 9.89. The third-order valence-electron chi connectivity index (χ3n) is 12.4. The van der Waals surface area contributed by atoms with Crippen molar-refractivity contribution in [3.05, 3.63) is 234 Å². The summed E-state index contributed by atoms with van der Waals surface area (Å²) in [5.74, 6) is 0.771. The number of anilines is 3. The minimum absolute atomic E-state index is 0.0301. The van der Waals surface area contributed by atoms with Crippen LogP contribution in [0.15, 0.2) is 205 Å². The molecule has 2 aliphatic rings. The van der Waals surface area contributed by atoms with Gasteiger partial charge < -0.3 is 10.2 Å². The van der Waals surface area contributed by atoms with Gasteiger partial charge in [0, 0.05) is 16.5 Å². The molecule has 0 saturated carbocycles. The van der Waals surface area contributed by atoms with Crippen LogP contribution in [-0.2, 0) is 5.41 Å². The first-order valence-corrected chi connectivity index (χ1v) is 20.5. The quantitative estimate of drug-likeness (QED) is 0.131. The van der Waals surface area contributed by atoms with Crippen LogP contribution in [0, 0.1) is 0 Å². The molecule has 0 saturated heterocycles. The molecule has 59 heavy (non-hydrogen) atoms. The van der Waals surface area contributed by atoms with Crippen LogP contribution in [0.1, 0.15) is 52.5 Å². The normalized spacial score (nSPS) is 14.7. The van der Waals surface area contributed by atoms with Crippen molar-refractivity contribution in [2.24, 2.45) is 4.99 Å². The lowest BCUT2D eigenvalue weighted by atomic mass is 9.64. The van der Waals surface area contributed by atoms with Crippen LogP contribution < -0.4 is 15.5 Å². The van der Waals surface area contributed by atoms with Crippen LogP contribution in [0.3, 0.4) is 0 Å². The average Bonchev–Trinajstić information content (AvgIpc) is 3.78. The van der Waals surface area contributed by atoms with Crippen molar-refractivity contribution in [1.82, 2.24) is 15.2 Å². The molecule has 1 aliphatic heterocycles. The molecule has 2 atom stereocenters. The average molecular weight is 762 g/mol. The zero-order valence-electron chi connectivity index (χ0n) is 33.0. The van der Waals surface area contributed by atoms with E-state index < -0.39 is 5.41 Å². The topological polar surface area (TPSA) is 44.6 Å². The first-order valence-electron chi connectivity index (χ1n) is 20.5. The lowest BCUT2D eigenvalue weighted by Gasteiger charge is -2.45. The summed E-state index contributed by atoms with van der Waals surface area (Å²) in [6.07, 6.45) is -0.295. The monoisotopic (exact) mass is 761 g/mol. The van der Waals surface area contributed by atoms with Crippen molar-refractivity contribution in [3.63, 3.8) is 0 Å². The summed E-state index contributed by atoms with van der Waals surface area (Å²) < 4.78 is 2.37. The van der Waals surface area contributed by atoms with E-state index in [0.29, 0.717) is 0 Å². The summed E-state index contributed by atoms with van der Waals surface area (Å²) in [6.45, 7) is 2.22. The van der Waals surface area contributed by atoms with Gasteiger partial charge >= 0.3 is 0 Å². The van der Waals surface area contributed by atoms with Gasteiger partial charge in [-0.15, -0.1) is 0 Å². The Labute approximate surface area is 344 Å². The number of benzene rings is 8. The van der Waals surface area contributed by atoms with Crippen molar-refractivity contribution >= 4 is 44.8 Å². The molecule has 11 rings (SSSR count). The van der Waals surface area contributed by atoms with Gasteiger partial charge in [0.1, 0.15) is 6.17 Å². The Bertz CT molecular complexity index is 2990. The highest BCUT2D eigenvalue weighted by Gasteiger charge is 2.52. The van der Waals surface area contributed by atoms with E-state index in [0.717, 1.165) is 33.6 Å². The molecular weight excluding hydrogens is 719 g/mol. The van der Waals surface area contributed by atoms with Crippen molar-refractivity contribution in [2.75, 3.05) is 11.9 Å². The summed E-state index contributed by atoms with van der Waals surface area (Å²) in [7, 11) is 1.98. The van der Waals surface area contributed by atoms with E-state index in [1.807, 2.05) is 7.05 Å². The lowest BCUT2D eigenvalue weighted by Crippen LogP contribution is -2.37. The second-order valence-corrected chi connectivity index (χ2v) is 15.6. The highest BCUT2D eigenvalue weighted by Crippen LogP contribution is 2.64. The van der Waals surface area contributed by atoms with E-state index in [9.17, 15) is 0 Å². The van der Waals surface area contributed by atoms with Crippen molar-refractivity contribution in [2.45, 2.75) is 24.5 Å². The molecule has 2 unspecified atom stereocenters. The maximum atomic E-state index is 5.59. The number of aliphatic imine (C=N–C) groups is 1. The van der Waals surface area contributed by atoms with Gasteiger partial charge in [-0.3, -0.25) is 9.88 Å². The zero-order chi connectivity index (χ0) is 39.5. The van der Waals surface area contributed by atoms with E-state index in [-0.39, 0.29) is 12.2 Å². The van der Waals surface area contributed by atoms with Crippen LogP contribution >= 0.6 is 0 Å². The van der Waals surface area contributed by atoms with Crippen molar-refractivity contribution < 1.29 is 0 Å². The minimum atomic E-state index is -0.584. The van der Waals surface area contributed by atoms with E-state index in [1.54, 1.807) is 0 Å². The molecule has 1 spiro atoms. The molecule has 0 bridgehead atoms. The van der Waals surface area contributed by atoms with Gasteiger partial charge in [-0.25, -0.2) is 4.99 Å². The van der Waals surface area contributed by atoms with E-state index in [2.05, 4.69) is 227 Å². The number of rotatable bonds is 6. The predicted octanol–water partition coefficient (Wildman–Crippen LogP) is 12.4. The Kier molecular flexibility index (Phi) is 8.31. The Hall–Kier alpha value is -7.21. The number of nitrogens with zero attached hydrogens (tertiary/aromatic N) is 3. The molecule has 1 aromatic heterocycles. The van der Waals surface area contributed by atoms with Crippen molar-refractivity contribution in [3.8, 4) is 11.1 Å². The van der Waals surface area contributed by atoms with Gasteiger partial charge in [0.05, 0.1) is 33.9 Å². The summed E-state index contributed by atoms with van der Waals surface area (Å²) in [5, 5.41) is 9.79. The number of hydrogen-bond donors (Lipinski definition) is 2. The van der Waals surface area contributed by atoms with Crippen LogP contribution in [0.25, 0.3) is 32.9 Å². The van der Waals surface area contributed by atoms with E-state index >= 15 is 0 Å². The maximum absolute atomic E-state index is 5.59. The number of hydrogen-bond acceptors (Lipinski definition) is 3. The highest BCUT2D eigenvalue weighted by atomic mass is 15.3. The highest BCUT2D eigenvalue weighted by molar-refractivity contribution is 6.16. The van der Waals surface area contributed by atoms with Crippen LogP contribution in [0.4, 0.5) is 17.1 Å². The fourth-order valence-corrected chi connectivity index (χ4v) is 9.89. The van der Waals surface area contributed by atoms with Gasteiger partial charge in [0.2, 0.25) is 5.96 Å². The maximum Gasteiger partial charge on any atom is 0.205 e. The molecule has 9 aromatic rings. The SMILES string of the molecule is CNC(/N=C(\NC(C)c1ccccc1)n1c2ccccc2c2cc3c(cc21)C1(c2ccccc2-c2ccccc21)c1ccccc1N3c1ccccc1)c1ccccc1. The molecule has 2 N–H and O–H groups in total. The Morgan fingerprint density at radius 1 is 0.508 bits per heavy atom. The van der Waals surface area contributed by atoms with Crippen LogP contribution in [0.5, 0.6) is 0 Å². The summed E-state index contributed by atoms with van der Waals surface area (Å²) in [5.41, 5.74) is 15.0. The number of para-hydroxylation sites is 3. The van der Waals surface area contributed by atoms with Crippen LogP contribution in [-0.4, -0.2) is 17.6 Å². The van der Waals surface area contributed by atoms with Gasteiger partial charge in [-0.1, -0.05) is 164 Å².